The van der Waals surface area contributed by atoms with Gasteiger partial charge in [-0.15, -0.1) is 0 Å². The van der Waals surface area contributed by atoms with Gasteiger partial charge in [-0.3, -0.25) is 9.69 Å². The third kappa shape index (κ3) is 5.07. The molecule has 1 atom stereocenters. The van der Waals surface area contributed by atoms with Crippen molar-refractivity contribution in [2.45, 2.75) is 26.8 Å². The molecule has 100 valence electrons. The fourth-order valence-corrected chi connectivity index (χ4v) is 2.12. The van der Waals surface area contributed by atoms with Crippen LogP contribution in [0.15, 0.2) is 24.3 Å². The summed E-state index contributed by atoms with van der Waals surface area (Å²) < 4.78 is 0. The van der Waals surface area contributed by atoms with Gasteiger partial charge >= 0.3 is 5.97 Å². The lowest BCUT2D eigenvalue weighted by atomic mass is 10.1. The normalized spacial score (nSPS) is 12.7. The average molecular weight is 270 g/mol. The van der Waals surface area contributed by atoms with Crippen molar-refractivity contribution in [3.05, 3.63) is 34.9 Å². The van der Waals surface area contributed by atoms with E-state index in [1.165, 1.54) is 0 Å². The fourth-order valence-electron chi connectivity index (χ4n) is 1.91. The van der Waals surface area contributed by atoms with Crippen LogP contribution < -0.4 is 0 Å². The van der Waals surface area contributed by atoms with Crippen LogP contribution in [0.1, 0.15) is 25.8 Å². The fraction of sp³-hybridized carbons (Fsp3) is 0.500. The Bertz CT molecular complexity index is 395. The van der Waals surface area contributed by atoms with Crippen molar-refractivity contribution >= 4 is 17.6 Å². The van der Waals surface area contributed by atoms with E-state index in [1.54, 1.807) is 6.92 Å². The summed E-state index contributed by atoms with van der Waals surface area (Å²) in [4.78, 5) is 13.1. The number of rotatable bonds is 7. The van der Waals surface area contributed by atoms with Gasteiger partial charge in [0.2, 0.25) is 0 Å². The van der Waals surface area contributed by atoms with Crippen molar-refractivity contribution in [2.75, 3.05) is 13.1 Å². The maximum absolute atomic E-state index is 10.9. The number of aliphatic carboxylic acids is 1. The lowest BCUT2D eigenvalue weighted by molar-refractivity contribution is -0.141. The maximum atomic E-state index is 10.9. The molecule has 0 aliphatic rings. The standard InChI is InChI=1S/C14H20ClNO2/c1-3-7-16(9-11(2)14(17)18)10-12-5-4-6-13(15)8-12/h4-6,8,11H,3,7,9-10H2,1-2H3,(H,17,18). The van der Waals surface area contributed by atoms with Gasteiger partial charge < -0.3 is 5.11 Å². The topological polar surface area (TPSA) is 40.5 Å². The van der Waals surface area contributed by atoms with Gasteiger partial charge in [0, 0.05) is 18.1 Å². The molecular formula is C14H20ClNO2. The summed E-state index contributed by atoms with van der Waals surface area (Å²) >= 11 is 5.95. The maximum Gasteiger partial charge on any atom is 0.307 e. The van der Waals surface area contributed by atoms with E-state index in [-0.39, 0.29) is 5.92 Å². The zero-order valence-corrected chi connectivity index (χ0v) is 11.7. The molecule has 0 fully saturated rings. The second kappa shape index (κ2) is 7.39. The van der Waals surface area contributed by atoms with Crippen LogP contribution in [-0.2, 0) is 11.3 Å². The van der Waals surface area contributed by atoms with Crippen LogP contribution in [0.25, 0.3) is 0 Å². The van der Waals surface area contributed by atoms with Gasteiger partial charge in [0.15, 0.2) is 0 Å². The smallest absolute Gasteiger partial charge is 0.307 e. The molecule has 0 aliphatic carbocycles. The Morgan fingerprint density at radius 2 is 2.22 bits per heavy atom. The van der Waals surface area contributed by atoms with Crippen LogP contribution >= 0.6 is 11.6 Å². The largest absolute Gasteiger partial charge is 0.481 e. The van der Waals surface area contributed by atoms with E-state index in [2.05, 4.69) is 11.8 Å². The second-order valence-corrected chi connectivity index (χ2v) is 5.04. The van der Waals surface area contributed by atoms with Crippen LogP contribution in [-0.4, -0.2) is 29.1 Å². The molecule has 18 heavy (non-hydrogen) atoms. The third-order valence-corrected chi connectivity index (χ3v) is 3.02. The summed E-state index contributed by atoms with van der Waals surface area (Å²) in [6, 6.07) is 7.70. The molecule has 1 aromatic rings. The molecular weight excluding hydrogens is 250 g/mol. The molecule has 0 aromatic heterocycles. The number of carbonyl (C=O) groups is 1. The number of halogens is 1. The van der Waals surface area contributed by atoms with Gasteiger partial charge in [0.1, 0.15) is 0 Å². The molecule has 0 spiro atoms. The zero-order chi connectivity index (χ0) is 13.5. The van der Waals surface area contributed by atoms with Crippen molar-refractivity contribution in [1.29, 1.82) is 0 Å². The van der Waals surface area contributed by atoms with Gasteiger partial charge in [-0.05, 0) is 30.7 Å². The molecule has 0 amide bonds. The minimum Gasteiger partial charge on any atom is -0.481 e. The van der Waals surface area contributed by atoms with Crippen molar-refractivity contribution in [3.8, 4) is 0 Å². The Morgan fingerprint density at radius 1 is 1.50 bits per heavy atom. The van der Waals surface area contributed by atoms with Crippen LogP contribution in [0.2, 0.25) is 5.02 Å². The van der Waals surface area contributed by atoms with E-state index in [4.69, 9.17) is 16.7 Å². The highest BCUT2D eigenvalue weighted by atomic mass is 35.5. The first-order chi connectivity index (χ1) is 8.52. The molecule has 4 heteroatoms. The lowest BCUT2D eigenvalue weighted by Crippen LogP contribution is -2.32. The molecule has 1 unspecified atom stereocenters. The minimum absolute atomic E-state index is 0.351. The summed E-state index contributed by atoms with van der Waals surface area (Å²) in [7, 11) is 0. The molecule has 0 bridgehead atoms. The van der Waals surface area contributed by atoms with E-state index >= 15 is 0 Å². The molecule has 1 N–H and O–H groups in total. The zero-order valence-electron chi connectivity index (χ0n) is 10.9. The Labute approximate surface area is 113 Å². The van der Waals surface area contributed by atoms with E-state index < -0.39 is 5.97 Å². The first-order valence-electron chi connectivity index (χ1n) is 6.22. The Kier molecular flexibility index (Phi) is 6.16. The Morgan fingerprint density at radius 3 is 2.78 bits per heavy atom. The first kappa shape index (κ1) is 15.0. The van der Waals surface area contributed by atoms with E-state index in [1.807, 2.05) is 24.3 Å². The lowest BCUT2D eigenvalue weighted by Gasteiger charge is -2.23. The van der Waals surface area contributed by atoms with E-state index in [0.717, 1.165) is 30.1 Å². The highest BCUT2D eigenvalue weighted by molar-refractivity contribution is 6.30. The van der Waals surface area contributed by atoms with E-state index in [9.17, 15) is 4.79 Å². The van der Waals surface area contributed by atoms with E-state index in [0.29, 0.717) is 6.54 Å². The van der Waals surface area contributed by atoms with Crippen LogP contribution in [0.4, 0.5) is 0 Å². The van der Waals surface area contributed by atoms with Crippen LogP contribution in [0.5, 0.6) is 0 Å². The molecule has 0 saturated heterocycles. The summed E-state index contributed by atoms with van der Waals surface area (Å²) in [5.74, 6) is -1.10. The van der Waals surface area contributed by atoms with Crippen LogP contribution in [0, 0.1) is 5.92 Å². The summed E-state index contributed by atoms with van der Waals surface area (Å²) in [5, 5.41) is 9.68. The molecule has 1 rings (SSSR count). The molecule has 3 nitrogen and oxygen atoms in total. The minimum atomic E-state index is -0.748. The van der Waals surface area contributed by atoms with Gasteiger partial charge in [0.05, 0.1) is 5.92 Å². The van der Waals surface area contributed by atoms with Crippen LogP contribution in [0.3, 0.4) is 0 Å². The monoisotopic (exact) mass is 269 g/mol. The van der Waals surface area contributed by atoms with Crippen molar-refractivity contribution in [2.24, 2.45) is 5.92 Å². The Hall–Kier alpha value is -1.06. The predicted octanol–water partition coefficient (Wildman–Crippen LogP) is 3.27. The highest BCUT2D eigenvalue weighted by Gasteiger charge is 2.15. The quantitative estimate of drug-likeness (QED) is 0.826. The molecule has 0 heterocycles. The van der Waals surface area contributed by atoms with Gasteiger partial charge in [-0.25, -0.2) is 0 Å². The van der Waals surface area contributed by atoms with Crippen molar-refractivity contribution < 1.29 is 9.90 Å². The first-order valence-corrected chi connectivity index (χ1v) is 6.60. The van der Waals surface area contributed by atoms with Gasteiger partial charge in [-0.2, -0.15) is 0 Å². The molecule has 0 radical (unpaired) electrons. The average Bonchev–Trinajstić information content (AvgIpc) is 2.29. The van der Waals surface area contributed by atoms with Crippen molar-refractivity contribution in [1.82, 2.24) is 4.90 Å². The molecule has 0 saturated carbocycles. The number of hydrogen-bond donors (Lipinski definition) is 1. The number of hydrogen-bond acceptors (Lipinski definition) is 2. The summed E-state index contributed by atoms with van der Waals surface area (Å²) in [5.41, 5.74) is 1.12. The summed E-state index contributed by atoms with van der Waals surface area (Å²) in [6.07, 6.45) is 1.01. The SMILES string of the molecule is CCCN(Cc1cccc(Cl)c1)CC(C)C(=O)O. The number of carboxylic acids is 1. The van der Waals surface area contributed by atoms with Gasteiger partial charge in [-0.1, -0.05) is 37.6 Å². The Balaban J connectivity index is 2.65. The van der Waals surface area contributed by atoms with Crippen molar-refractivity contribution in [3.63, 3.8) is 0 Å². The summed E-state index contributed by atoms with van der Waals surface area (Å²) in [6.45, 7) is 6.03. The number of carboxylic acid groups (broad SMARTS) is 1. The molecule has 0 aliphatic heterocycles. The predicted molar refractivity (Wildman–Crippen MR) is 73.8 cm³/mol. The van der Waals surface area contributed by atoms with Gasteiger partial charge in [0.25, 0.3) is 0 Å². The third-order valence-electron chi connectivity index (χ3n) is 2.79. The molecule has 1 aromatic carbocycles. The number of benzene rings is 1. The second-order valence-electron chi connectivity index (χ2n) is 4.60. The highest BCUT2D eigenvalue weighted by Crippen LogP contribution is 2.14. The number of nitrogens with zero attached hydrogens (tertiary/aromatic N) is 1.